The molecule has 1 saturated heterocycles. The summed E-state index contributed by atoms with van der Waals surface area (Å²) >= 11 is 0. The van der Waals surface area contributed by atoms with Crippen molar-refractivity contribution in [3.63, 3.8) is 0 Å². The van der Waals surface area contributed by atoms with Crippen LogP contribution in [-0.4, -0.2) is 33.7 Å². The number of amides is 1. The number of halogens is 1. The van der Waals surface area contributed by atoms with E-state index in [1.165, 1.54) is 12.8 Å². The van der Waals surface area contributed by atoms with Gasteiger partial charge in [0.15, 0.2) is 5.82 Å². The standard InChI is InChI=1S/C16H19N5O.ClH/c22-16(13-5-2-8-17-13)18-12-4-1-3-11(9-12)15-19-14(20-21-15)10-6-7-10;/h1,3-4,9-10,13,17H,2,5-8H2,(H,18,22)(H,19,20,21);1H. The highest BCUT2D eigenvalue weighted by Crippen LogP contribution is 2.38. The maximum absolute atomic E-state index is 12.2. The number of H-pyrrole nitrogens is 1. The molecule has 1 aliphatic heterocycles. The van der Waals surface area contributed by atoms with Crippen LogP contribution in [0.1, 0.15) is 37.4 Å². The highest BCUT2D eigenvalue weighted by molar-refractivity contribution is 5.95. The molecule has 1 aromatic heterocycles. The molecule has 3 N–H and O–H groups in total. The molecule has 2 heterocycles. The summed E-state index contributed by atoms with van der Waals surface area (Å²) in [6.07, 6.45) is 4.34. The fourth-order valence-corrected chi connectivity index (χ4v) is 2.82. The first-order valence-corrected chi connectivity index (χ1v) is 7.86. The lowest BCUT2D eigenvalue weighted by atomic mass is 10.1. The van der Waals surface area contributed by atoms with Gasteiger partial charge < -0.3 is 10.6 Å². The summed E-state index contributed by atoms with van der Waals surface area (Å²) < 4.78 is 0. The molecular weight excluding hydrogens is 314 g/mol. The van der Waals surface area contributed by atoms with Crippen molar-refractivity contribution >= 4 is 24.0 Å². The van der Waals surface area contributed by atoms with E-state index in [2.05, 4.69) is 25.8 Å². The number of aromatic nitrogens is 3. The molecule has 1 amide bonds. The second-order valence-corrected chi connectivity index (χ2v) is 6.04. The van der Waals surface area contributed by atoms with Gasteiger partial charge >= 0.3 is 0 Å². The number of hydrogen-bond acceptors (Lipinski definition) is 4. The smallest absolute Gasteiger partial charge is 0.241 e. The van der Waals surface area contributed by atoms with E-state index >= 15 is 0 Å². The zero-order valence-electron chi connectivity index (χ0n) is 12.7. The number of anilines is 1. The van der Waals surface area contributed by atoms with Crippen LogP contribution in [0.15, 0.2) is 24.3 Å². The number of aromatic amines is 1. The van der Waals surface area contributed by atoms with Crippen LogP contribution in [0.5, 0.6) is 0 Å². The van der Waals surface area contributed by atoms with Crippen molar-refractivity contribution in [1.29, 1.82) is 0 Å². The minimum Gasteiger partial charge on any atom is -0.325 e. The number of carbonyl (C=O) groups is 1. The quantitative estimate of drug-likeness (QED) is 0.802. The van der Waals surface area contributed by atoms with Crippen LogP contribution in [0, 0.1) is 0 Å². The first kappa shape index (κ1) is 16.0. The van der Waals surface area contributed by atoms with Crippen LogP contribution in [0.3, 0.4) is 0 Å². The molecule has 1 saturated carbocycles. The average Bonchev–Trinajstić information content (AvgIpc) is 3.06. The first-order chi connectivity index (χ1) is 10.8. The molecule has 1 atom stereocenters. The molecule has 0 bridgehead atoms. The lowest BCUT2D eigenvalue weighted by Gasteiger charge is -2.11. The van der Waals surface area contributed by atoms with Crippen molar-refractivity contribution in [3.8, 4) is 11.4 Å². The number of carbonyl (C=O) groups excluding carboxylic acids is 1. The van der Waals surface area contributed by atoms with Gasteiger partial charge in [-0.05, 0) is 44.4 Å². The van der Waals surface area contributed by atoms with Crippen LogP contribution in [-0.2, 0) is 4.79 Å². The molecule has 2 aliphatic rings. The Morgan fingerprint density at radius 3 is 2.87 bits per heavy atom. The minimum absolute atomic E-state index is 0. The lowest BCUT2D eigenvalue weighted by molar-refractivity contribution is -0.117. The largest absolute Gasteiger partial charge is 0.325 e. The van der Waals surface area contributed by atoms with Gasteiger partial charge in [0.1, 0.15) is 5.82 Å². The fourth-order valence-electron chi connectivity index (χ4n) is 2.82. The molecule has 4 rings (SSSR count). The topological polar surface area (TPSA) is 82.7 Å². The predicted molar refractivity (Wildman–Crippen MR) is 90.7 cm³/mol. The van der Waals surface area contributed by atoms with Crippen molar-refractivity contribution in [3.05, 3.63) is 30.1 Å². The third-order valence-corrected chi connectivity index (χ3v) is 4.23. The predicted octanol–water partition coefficient (Wildman–Crippen LogP) is 2.46. The van der Waals surface area contributed by atoms with Gasteiger partial charge in [0.25, 0.3) is 0 Å². The molecule has 23 heavy (non-hydrogen) atoms. The van der Waals surface area contributed by atoms with Crippen LogP contribution >= 0.6 is 12.4 Å². The Kier molecular flexibility index (Phi) is 4.63. The SMILES string of the molecule is Cl.O=C(Nc1cccc(-c2n[nH]c(C3CC3)n2)c1)C1CCCN1. The van der Waals surface area contributed by atoms with Crippen LogP contribution in [0.4, 0.5) is 5.69 Å². The number of rotatable bonds is 4. The highest BCUT2D eigenvalue weighted by atomic mass is 35.5. The summed E-state index contributed by atoms with van der Waals surface area (Å²) in [6, 6.07) is 7.62. The zero-order chi connectivity index (χ0) is 14.9. The molecule has 6 nitrogen and oxygen atoms in total. The summed E-state index contributed by atoms with van der Waals surface area (Å²) in [4.78, 5) is 16.7. The molecule has 0 radical (unpaired) electrons. The monoisotopic (exact) mass is 333 g/mol. The van der Waals surface area contributed by atoms with E-state index in [0.29, 0.717) is 11.7 Å². The zero-order valence-corrected chi connectivity index (χ0v) is 13.5. The summed E-state index contributed by atoms with van der Waals surface area (Å²) in [5.74, 6) is 2.25. The third-order valence-electron chi connectivity index (χ3n) is 4.23. The van der Waals surface area contributed by atoms with Gasteiger partial charge in [-0.1, -0.05) is 12.1 Å². The van der Waals surface area contributed by atoms with Gasteiger partial charge in [0.2, 0.25) is 5.91 Å². The number of nitrogens with zero attached hydrogens (tertiary/aromatic N) is 2. The van der Waals surface area contributed by atoms with Crippen LogP contribution in [0.25, 0.3) is 11.4 Å². The van der Waals surface area contributed by atoms with Crippen LogP contribution < -0.4 is 10.6 Å². The molecule has 2 fully saturated rings. The summed E-state index contributed by atoms with van der Waals surface area (Å²) in [7, 11) is 0. The Bertz CT molecular complexity index is 691. The fraction of sp³-hybridized carbons (Fsp3) is 0.438. The molecule has 122 valence electrons. The molecular formula is C16H20ClN5O. The van der Waals surface area contributed by atoms with E-state index in [-0.39, 0.29) is 24.4 Å². The first-order valence-electron chi connectivity index (χ1n) is 7.86. The Morgan fingerprint density at radius 1 is 1.26 bits per heavy atom. The summed E-state index contributed by atoms with van der Waals surface area (Å²) in [5.41, 5.74) is 1.70. The van der Waals surface area contributed by atoms with E-state index in [0.717, 1.165) is 36.5 Å². The number of nitrogens with one attached hydrogen (secondary N) is 3. The Balaban J connectivity index is 0.00000156. The van der Waals surface area contributed by atoms with E-state index in [9.17, 15) is 4.79 Å². The Hall–Kier alpha value is -1.92. The average molecular weight is 334 g/mol. The van der Waals surface area contributed by atoms with Gasteiger partial charge in [-0.2, -0.15) is 5.10 Å². The van der Waals surface area contributed by atoms with E-state index < -0.39 is 0 Å². The van der Waals surface area contributed by atoms with Gasteiger partial charge in [0, 0.05) is 17.2 Å². The Labute approximate surface area is 140 Å². The molecule has 1 aromatic carbocycles. The highest BCUT2D eigenvalue weighted by Gasteiger charge is 2.27. The van der Waals surface area contributed by atoms with Crippen molar-refractivity contribution < 1.29 is 4.79 Å². The molecule has 1 aliphatic carbocycles. The molecule has 2 aromatic rings. The normalized spacial score (nSPS) is 20.1. The van der Waals surface area contributed by atoms with E-state index in [1.807, 2.05) is 24.3 Å². The van der Waals surface area contributed by atoms with Gasteiger partial charge in [-0.25, -0.2) is 4.98 Å². The minimum atomic E-state index is -0.0753. The second kappa shape index (κ2) is 6.68. The third kappa shape index (κ3) is 3.54. The second-order valence-electron chi connectivity index (χ2n) is 6.04. The van der Waals surface area contributed by atoms with Crippen molar-refractivity contribution in [2.75, 3.05) is 11.9 Å². The van der Waals surface area contributed by atoms with E-state index in [4.69, 9.17) is 0 Å². The van der Waals surface area contributed by atoms with E-state index in [1.54, 1.807) is 0 Å². The van der Waals surface area contributed by atoms with Crippen molar-refractivity contribution in [2.45, 2.75) is 37.6 Å². The van der Waals surface area contributed by atoms with Crippen molar-refractivity contribution in [2.24, 2.45) is 0 Å². The van der Waals surface area contributed by atoms with Gasteiger partial charge in [-0.3, -0.25) is 9.89 Å². The van der Waals surface area contributed by atoms with Crippen molar-refractivity contribution in [1.82, 2.24) is 20.5 Å². The van der Waals surface area contributed by atoms with Gasteiger partial charge in [0.05, 0.1) is 6.04 Å². The molecule has 7 heteroatoms. The maximum Gasteiger partial charge on any atom is 0.241 e. The molecule has 1 unspecified atom stereocenters. The summed E-state index contributed by atoms with van der Waals surface area (Å²) in [5, 5.41) is 13.5. The van der Waals surface area contributed by atoms with Gasteiger partial charge in [-0.15, -0.1) is 12.4 Å². The lowest BCUT2D eigenvalue weighted by Crippen LogP contribution is -2.35. The Morgan fingerprint density at radius 2 is 2.13 bits per heavy atom. The number of benzene rings is 1. The number of hydrogen-bond donors (Lipinski definition) is 3. The molecule has 0 spiro atoms. The maximum atomic E-state index is 12.2. The van der Waals surface area contributed by atoms with Crippen LogP contribution in [0.2, 0.25) is 0 Å². The summed E-state index contributed by atoms with van der Waals surface area (Å²) in [6.45, 7) is 0.916.